The smallest absolute Gasteiger partial charge is 0.338 e. The topological polar surface area (TPSA) is 50.2 Å². The third-order valence-corrected chi connectivity index (χ3v) is 4.57. The van der Waals surface area contributed by atoms with E-state index in [9.17, 15) is 18.0 Å². The van der Waals surface area contributed by atoms with Crippen molar-refractivity contribution in [3.63, 3.8) is 0 Å². The van der Waals surface area contributed by atoms with Crippen LogP contribution in [0, 0.1) is 17.3 Å². The second-order valence-electron chi connectivity index (χ2n) is 7.31. The van der Waals surface area contributed by atoms with Gasteiger partial charge in [0.15, 0.2) is 0 Å². The van der Waals surface area contributed by atoms with Crippen LogP contribution >= 0.6 is 0 Å². The maximum atomic E-state index is 13.1. The summed E-state index contributed by atoms with van der Waals surface area (Å²) < 4.78 is 41.0. The summed E-state index contributed by atoms with van der Waals surface area (Å²) in [6.45, 7) is 6.51. The molecule has 136 valence electrons. The molecule has 2 rings (SSSR count). The fourth-order valence-electron chi connectivity index (χ4n) is 3.30. The molecule has 2 amide bonds. The van der Waals surface area contributed by atoms with Crippen LogP contribution in [0.1, 0.15) is 27.2 Å². The largest absolute Gasteiger partial charge is 0.392 e. The van der Waals surface area contributed by atoms with E-state index in [0.29, 0.717) is 13.1 Å². The summed E-state index contributed by atoms with van der Waals surface area (Å²) in [5.74, 6) is -1.19. The van der Waals surface area contributed by atoms with Crippen LogP contribution in [0.25, 0.3) is 0 Å². The van der Waals surface area contributed by atoms with Crippen LogP contribution < -0.4 is 5.32 Å². The highest BCUT2D eigenvalue weighted by Gasteiger charge is 2.51. The Kier molecular flexibility index (Phi) is 5.45. The SMILES string of the molecule is CC(CNC(=O)N1CCC(C(F)(F)F)C(C)(C)C1)Cn1cccn1. The summed E-state index contributed by atoms with van der Waals surface area (Å²) in [5.41, 5.74) is -0.978. The number of hydrogen-bond donors (Lipinski definition) is 1. The fraction of sp³-hybridized carbons (Fsp3) is 0.750. The van der Waals surface area contributed by atoms with E-state index in [-0.39, 0.29) is 31.5 Å². The second kappa shape index (κ2) is 7.03. The molecule has 1 saturated heterocycles. The van der Waals surface area contributed by atoms with Crippen molar-refractivity contribution in [1.82, 2.24) is 20.0 Å². The zero-order chi connectivity index (χ0) is 18.0. The van der Waals surface area contributed by atoms with Crippen molar-refractivity contribution in [3.8, 4) is 0 Å². The lowest BCUT2D eigenvalue weighted by Crippen LogP contribution is -2.54. The number of nitrogens with one attached hydrogen (secondary N) is 1. The first-order valence-electron chi connectivity index (χ1n) is 8.16. The van der Waals surface area contributed by atoms with Crippen molar-refractivity contribution in [2.24, 2.45) is 17.3 Å². The number of nitrogens with zero attached hydrogens (tertiary/aromatic N) is 3. The third kappa shape index (κ3) is 4.64. The minimum absolute atomic E-state index is 0.0488. The number of piperidine rings is 1. The van der Waals surface area contributed by atoms with Crippen LogP contribution in [-0.4, -0.2) is 46.5 Å². The van der Waals surface area contributed by atoms with E-state index in [1.54, 1.807) is 24.7 Å². The molecule has 24 heavy (non-hydrogen) atoms. The molecule has 0 aromatic carbocycles. The van der Waals surface area contributed by atoms with E-state index >= 15 is 0 Å². The highest BCUT2D eigenvalue weighted by Crippen LogP contribution is 2.44. The van der Waals surface area contributed by atoms with Crippen LogP contribution in [-0.2, 0) is 6.54 Å². The third-order valence-electron chi connectivity index (χ3n) is 4.57. The number of aromatic nitrogens is 2. The first-order chi connectivity index (χ1) is 11.1. The van der Waals surface area contributed by atoms with Crippen LogP contribution in [0.3, 0.4) is 0 Å². The van der Waals surface area contributed by atoms with Crippen molar-refractivity contribution in [2.45, 2.75) is 39.9 Å². The number of halogens is 3. The molecule has 2 heterocycles. The van der Waals surface area contributed by atoms with Gasteiger partial charge in [-0.3, -0.25) is 4.68 Å². The van der Waals surface area contributed by atoms with E-state index in [0.717, 1.165) is 0 Å². The molecule has 1 fully saturated rings. The standard InChI is InChI=1S/C16H25F3N4O/c1-12(10-23-7-4-6-21-23)9-20-14(24)22-8-5-13(16(17,18)19)15(2,3)11-22/h4,6-7,12-13H,5,8-11H2,1-3H3,(H,20,24). The van der Waals surface area contributed by atoms with Gasteiger partial charge in [-0.1, -0.05) is 20.8 Å². The molecule has 0 spiro atoms. The Bertz CT molecular complexity index is 542. The summed E-state index contributed by atoms with van der Waals surface area (Å²) in [6.07, 6.45) is -0.724. The Hall–Kier alpha value is -1.73. The molecule has 0 aliphatic carbocycles. The van der Waals surface area contributed by atoms with Crippen molar-refractivity contribution in [3.05, 3.63) is 18.5 Å². The van der Waals surface area contributed by atoms with Gasteiger partial charge in [-0.25, -0.2) is 4.79 Å². The van der Waals surface area contributed by atoms with E-state index < -0.39 is 17.5 Å². The zero-order valence-electron chi connectivity index (χ0n) is 14.3. The Morgan fingerprint density at radius 3 is 2.71 bits per heavy atom. The lowest BCUT2D eigenvalue weighted by atomic mass is 9.73. The minimum atomic E-state index is -4.22. The van der Waals surface area contributed by atoms with E-state index in [1.807, 2.05) is 19.2 Å². The van der Waals surface area contributed by atoms with E-state index in [1.165, 1.54) is 4.90 Å². The Balaban J connectivity index is 1.83. The lowest BCUT2D eigenvalue weighted by molar-refractivity contribution is -0.214. The molecule has 2 unspecified atom stereocenters. The Morgan fingerprint density at radius 2 is 2.17 bits per heavy atom. The van der Waals surface area contributed by atoms with Crippen LogP contribution in [0.15, 0.2) is 18.5 Å². The van der Waals surface area contributed by atoms with Gasteiger partial charge in [0.2, 0.25) is 0 Å². The average Bonchev–Trinajstić information content (AvgIpc) is 2.95. The number of amides is 2. The van der Waals surface area contributed by atoms with Gasteiger partial charge >= 0.3 is 12.2 Å². The average molecular weight is 346 g/mol. The fourth-order valence-corrected chi connectivity index (χ4v) is 3.30. The zero-order valence-corrected chi connectivity index (χ0v) is 14.3. The molecule has 1 aromatic rings. The quantitative estimate of drug-likeness (QED) is 0.911. The molecule has 8 heteroatoms. The minimum Gasteiger partial charge on any atom is -0.338 e. The molecule has 1 aliphatic heterocycles. The van der Waals surface area contributed by atoms with Gasteiger partial charge in [0.05, 0.1) is 5.92 Å². The molecule has 0 bridgehead atoms. The van der Waals surface area contributed by atoms with Gasteiger partial charge in [0.25, 0.3) is 0 Å². The molecule has 0 radical (unpaired) electrons. The normalized spacial score (nSPS) is 22.2. The molecular formula is C16H25F3N4O. The predicted octanol–water partition coefficient (Wildman–Crippen LogP) is 3.14. The van der Waals surface area contributed by atoms with Crippen LogP contribution in [0.2, 0.25) is 0 Å². The van der Waals surface area contributed by atoms with Gasteiger partial charge < -0.3 is 10.2 Å². The maximum Gasteiger partial charge on any atom is 0.392 e. The van der Waals surface area contributed by atoms with Gasteiger partial charge in [0, 0.05) is 38.6 Å². The summed E-state index contributed by atoms with van der Waals surface area (Å²) in [4.78, 5) is 13.7. The molecule has 5 nitrogen and oxygen atoms in total. The summed E-state index contributed by atoms with van der Waals surface area (Å²) in [6, 6.07) is 1.54. The van der Waals surface area contributed by atoms with Crippen molar-refractivity contribution in [1.29, 1.82) is 0 Å². The van der Waals surface area contributed by atoms with E-state index in [2.05, 4.69) is 10.4 Å². The maximum absolute atomic E-state index is 13.1. The monoisotopic (exact) mass is 346 g/mol. The predicted molar refractivity (Wildman–Crippen MR) is 84.3 cm³/mol. The Morgan fingerprint density at radius 1 is 1.46 bits per heavy atom. The van der Waals surface area contributed by atoms with Crippen LogP contribution in [0.4, 0.5) is 18.0 Å². The lowest BCUT2D eigenvalue weighted by Gasteiger charge is -2.44. The number of carbonyl (C=O) groups excluding carboxylic acids is 1. The number of alkyl halides is 3. The van der Waals surface area contributed by atoms with Crippen molar-refractivity contribution >= 4 is 6.03 Å². The van der Waals surface area contributed by atoms with Crippen molar-refractivity contribution in [2.75, 3.05) is 19.6 Å². The van der Waals surface area contributed by atoms with Crippen molar-refractivity contribution < 1.29 is 18.0 Å². The molecule has 1 aromatic heterocycles. The number of rotatable bonds is 4. The van der Waals surface area contributed by atoms with Gasteiger partial charge in [-0.15, -0.1) is 0 Å². The molecule has 2 atom stereocenters. The number of urea groups is 1. The second-order valence-corrected chi connectivity index (χ2v) is 7.31. The van der Waals surface area contributed by atoms with Gasteiger partial charge in [-0.2, -0.15) is 18.3 Å². The first kappa shape index (κ1) is 18.6. The highest BCUT2D eigenvalue weighted by molar-refractivity contribution is 5.74. The van der Waals surface area contributed by atoms with Gasteiger partial charge in [-0.05, 0) is 23.8 Å². The number of carbonyl (C=O) groups is 1. The first-order valence-corrected chi connectivity index (χ1v) is 8.16. The summed E-state index contributed by atoms with van der Waals surface area (Å²) in [7, 11) is 0. The Labute approximate surface area is 140 Å². The number of hydrogen-bond acceptors (Lipinski definition) is 2. The summed E-state index contributed by atoms with van der Waals surface area (Å²) >= 11 is 0. The summed E-state index contributed by atoms with van der Waals surface area (Å²) in [5, 5.41) is 6.93. The molecule has 0 saturated carbocycles. The molecule has 1 N–H and O–H groups in total. The van der Waals surface area contributed by atoms with Gasteiger partial charge in [0.1, 0.15) is 0 Å². The van der Waals surface area contributed by atoms with E-state index in [4.69, 9.17) is 0 Å². The van der Waals surface area contributed by atoms with Crippen LogP contribution in [0.5, 0.6) is 0 Å². The molecular weight excluding hydrogens is 321 g/mol. The number of likely N-dealkylation sites (tertiary alicyclic amines) is 1. The molecule has 1 aliphatic rings. The highest BCUT2D eigenvalue weighted by atomic mass is 19.4.